The molecule has 0 bridgehead atoms. The molecule has 36 heavy (non-hydrogen) atoms. The van der Waals surface area contributed by atoms with Crippen molar-refractivity contribution in [1.29, 1.82) is 0 Å². The van der Waals surface area contributed by atoms with Gasteiger partial charge in [0.1, 0.15) is 25.3 Å². The topological polar surface area (TPSA) is 125 Å². The van der Waals surface area contributed by atoms with Crippen molar-refractivity contribution >= 4 is 27.0 Å². The number of hydrogen-bond acceptors (Lipinski definition) is 10. The highest BCUT2D eigenvalue weighted by Gasteiger charge is 2.31. The van der Waals surface area contributed by atoms with Gasteiger partial charge >= 0.3 is 0 Å². The van der Waals surface area contributed by atoms with Crippen molar-refractivity contribution in [1.82, 2.24) is 29.3 Å². The Kier molecular flexibility index (Phi) is 5.57. The standard InChI is InChI=1S/C23H23N7O5S/c1-33-17-4-2-16(3-5-17)30-23-21(26-27-30)22(24-15-25-23)28-8-10-29(11-9-28)36(31,32)18-6-7-19-20(14-18)35-13-12-34-19/h2-7,14-15H,8-13H2,1H3. The van der Waals surface area contributed by atoms with Crippen LogP contribution in [-0.4, -0.2) is 84.2 Å². The Labute approximate surface area is 207 Å². The van der Waals surface area contributed by atoms with Gasteiger partial charge in [0, 0.05) is 32.2 Å². The van der Waals surface area contributed by atoms with E-state index in [0.717, 1.165) is 11.4 Å². The van der Waals surface area contributed by atoms with Gasteiger partial charge in [0.25, 0.3) is 0 Å². The number of nitrogens with zero attached hydrogens (tertiary/aromatic N) is 7. The van der Waals surface area contributed by atoms with Gasteiger partial charge in [-0.1, -0.05) is 5.21 Å². The first-order valence-corrected chi connectivity index (χ1v) is 12.8. The third-order valence-corrected chi connectivity index (χ3v) is 8.12. The molecule has 0 spiro atoms. The lowest BCUT2D eigenvalue weighted by Crippen LogP contribution is -2.49. The molecule has 0 aliphatic carbocycles. The largest absolute Gasteiger partial charge is 0.497 e. The van der Waals surface area contributed by atoms with E-state index in [-0.39, 0.29) is 4.90 Å². The maximum absolute atomic E-state index is 13.3. The second-order valence-corrected chi connectivity index (χ2v) is 10.2. The van der Waals surface area contributed by atoms with Crippen molar-refractivity contribution in [2.75, 3.05) is 51.4 Å². The number of aromatic nitrogens is 5. The van der Waals surface area contributed by atoms with E-state index in [4.69, 9.17) is 14.2 Å². The minimum absolute atomic E-state index is 0.187. The van der Waals surface area contributed by atoms with Gasteiger partial charge in [0.05, 0.1) is 17.7 Å². The molecule has 1 saturated heterocycles. The molecule has 12 nitrogen and oxygen atoms in total. The van der Waals surface area contributed by atoms with Crippen LogP contribution in [0, 0.1) is 0 Å². The molecule has 0 unspecified atom stereocenters. The number of ether oxygens (including phenoxy) is 3. The van der Waals surface area contributed by atoms with Gasteiger partial charge in [-0.15, -0.1) is 5.10 Å². The lowest BCUT2D eigenvalue weighted by molar-refractivity contribution is 0.171. The second-order valence-electron chi connectivity index (χ2n) is 8.27. The minimum atomic E-state index is -3.69. The summed E-state index contributed by atoms with van der Waals surface area (Å²) < 4.78 is 46.0. The van der Waals surface area contributed by atoms with Gasteiger partial charge in [0.2, 0.25) is 10.0 Å². The summed E-state index contributed by atoms with van der Waals surface area (Å²) in [6.45, 7) is 2.34. The van der Waals surface area contributed by atoms with Gasteiger partial charge < -0.3 is 19.1 Å². The van der Waals surface area contributed by atoms with E-state index in [2.05, 4.69) is 20.3 Å². The molecule has 13 heteroatoms. The molecule has 2 aliphatic rings. The van der Waals surface area contributed by atoms with Crippen LogP contribution in [0.4, 0.5) is 5.82 Å². The zero-order valence-electron chi connectivity index (χ0n) is 19.4. The molecular weight excluding hydrogens is 486 g/mol. The van der Waals surface area contributed by atoms with E-state index in [1.807, 2.05) is 29.2 Å². The quantitative estimate of drug-likeness (QED) is 0.391. The van der Waals surface area contributed by atoms with Crippen LogP contribution >= 0.6 is 0 Å². The number of sulfonamides is 1. The number of hydrogen-bond donors (Lipinski definition) is 0. The molecule has 0 amide bonds. The van der Waals surface area contributed by atoms with Crippen LogP contribution in [0.15, 0.2) is 53.7 Å². The number of anilines is 1. The number of methoxy groups -OCH3 is 1. The third kappa shape index (κ3) is 3.85. The third-order valence-electron chi connectivity index (χ3n) is 6.23. The van der Waals surface area contributed by atoms with E-state index >= 15 is 0 Å². The molecule has 4 heterocycles. The number of piperazine rings is 1. The molecule has 0 atom stereocenters. The summed E-state index contributed by atoms with van der Waals surface area (Å²) in [5.41, 5.74) is 1.91. The van der Waals surface area contributed by atoms with Gasteiger partial charge in [-0.05, 0) is 36.4 Å². The number of fused-ring (bicyclic) bond motifs is 2. The molecule has 2 aromatic carbocycles. The molecule has 2 aliphatic heterocycles. The van der Waals surface area contributed by atoms with Crippen molar-refractivity contribution in [3.63, 3.8) is 0 Å². The van der Waals surface area contributed by atoms with Crippen molar-refractivity contribution in [2.45, 2.75) is 4.90 Å². The number of rotatable bonds is 5. The summed E-state index contributed by atoms with van der Waals surface area (Å²) in [6, 6.07) is 12.1. The molecule has 2 aromatic heterocycles. The Bertz CT molecular complexity index is 1520. The van der Waals surface area contributed by atoms with Crippen molar-refractivity contribution in [3.8, 4) is 22.9 Å². The average molecular weight is 510 g/mol. The van der Waals surface area contributed by atoms with Crippen LogP contribution in [0.5, 0.6) is 17.2 Å². The summed E-state index contributed by atoms with van der Waals surface area (Å²) in [5, 5.41) is 8.60. The molecular formula is C23H23N7O5S. The molecule has 4 aromatic rings. The monoisotopic (exact) mass is 509 g/mol. The van der Waals surface area contributed by atoms with Crippen LogP contribution in [0.2, 0.25) is 0 Å². The van der Waals surface area contributed by atoms with Crippen LogP contribution in [0.25, 0.3) is 16.9 Å². The van der Waals surface area contributed by atoms with Crippen molar-refractivity contribution < 1.29 is 22.6 Å². The van der Waals surface area contributed by atoms with Crippen LogP contribution in [0.1, 0.15) is 0 Å². The molecule has 186 valence electrons. The van der Waals surface area contributed by atoms with E-state index in [1.54, 1.807) is 23.9 Å². The summed E-state index contributed by atoms with van der Waals surface area (Å²) in [6.07, 6.45) is 1.47. The highest BCUT2D eigenvalue weighted by molar-refractivity contribution is 7.89. The van der Waals surface area contributed by atoms with Crippen molar-refractivity contribution in [3.05, 3.63) is 48.8 Å². The van der Waals surface area contributed by atoms with Crippen LogP contribution < -0.4 is 19.1 Å². The van der Waals surface area contributed by atoms with E-state index in [0.29, 0.717) is 67.9 Å². The Morgan fingerprint density at radius 2 is 1.67 bits per heavy atom. The fraction of sp³-hybridized carbons (Fsp3) is 0.304. The summed E-state index contributed by atoms with van der Waals surface area (Å²) in [7, 11) is -2.07. The Hall–Kier alpha value is -3.97. The molecule has 0 N–H and O–H groups in total. The van der Waals surface area contributed by atoms with Gasteiger partial charge in [-0.25, -0.2) is 18.4 Å². The first-order valence-electron chi connectivity index (χ1n) is 11.4. The van der Waals surface area contributed by atoms with Gasteiger partial charge in [-0.3, -0.25) is 0 Å². The molecule has 0 radical (unpaired) electrons. The van der Waals surface area contributed by atoms with Gasteiger partial charge in [-0.2, -0.15) is 8.99 Å². The second kappa shape index (κ2) is 8.91. The van der Waals surface area contributed by atoms with E-state index < -0.39 is 10.0 Å². The van der Waals surface area contributed by atoms with Crippen LogP contribution in [-0.2, 0) is 10.0 Å². The van der Waals surface area contributed by atoms with Crippen LogP contribution in [0.3, 0.4) is 0 Å². The summed E-state index contributed by atoms with van der Waals surface area (Å²) in [5.74, 6) is 2.36. The number of benzene rings is 2. The lowest BCUT2D eigenvalue weighted by Gasteiger charge is -2.34. The van der Waals surface area contributed by atoms with Crippen molar-refractivity contribution in [2.24, 2.45) is 0 Å². The smallest absolute Gasteiger partial charge is 0.243 e. The predicted molar refractivity (Wildman–Crippen MR) is 129 cm³/mol. The Balaban J connectivity index is 1.22. The lowest BCUT2D eigenvalue weighted by atomic mass is 10.3. The zero-order valence-corrected chi connectivity index (χ0v) is 20.3. The summed E-state index contributed by atoms with van der Waals surface area (Å²) >= 11 is 0. The van der Waals surface area contributed by atoms with E-state index in [1.165, 1.54) is 16.7 Å². The highest BCUT2D eigenvalue weighted by Crippen LogP contribution is 2.33. The first-order chi connectivity index (χ1) is 17.5. The highest BCUT2D eigenvalue weighted by atomic mass is 32.2. The maximum atomic E-state index is 13.3. The SMILES string of the molecule is COc1ccc(-n2nnc3c(N4CCN(S(=O)(=O)c5ccc6c(c5)OCCO6)CC4)ncnc32)cc1. The minimum Gasteiger partial charge on any atom is -0.497 e. The Morgan fingerprint density at radius 1 is 0.917 bits per heavy atom. The molecule has 6 rings (SSSR count). The Morgan fingerprint density at radius 3 is 2.42 bits per heavy atom. The normalized spacial score (nSPS) is 16.3. The predicted octanol–water partition coefficient (Wildman–Crippen LogP) is 1.50. The molecule has 1 fully saturated rings. The summed E-state index contributed by atoms with van der Waals surface area (Å²) in [4.78, 5) is 11.0. The maximum Gasteiger partial charge on any atom is 0.243 e. The zero-order chi connectivity index (χ0) is 24.7. The molecule has 0 saturated carbocycles. The first kappa shape index (κ1) is 22.5. The average Bonchev–Trinajstić information content (AvgIpc) is 3.37. The van der Waals surface area contributed by atoms with Gasteiger partial charge in [0.15, 0.2) is 28.5 Å². The fourth-order valence-corrected chi connectivity index (χ4v) is 5.78. The van der Waals surface area contributed by atoms with E-state index in [9.17, 15) is 8.42 Å². The fourth-order valence-electron chi connectivity index (χ4n) is 4.34.